The molecule has 2 aromatic rings. The van der Waals surface area contributed by atoms with E-state index in [-0.39, 0.29) is 18.1 Å². The first-order valence-electron chi connectivity index (χ1n) is 5.67. The molecule has 0 aliphatic carbocycles. The fraction of sp³-hybridized carbons (Fsp3) is 0.308. The third-order valence-corrected chi connectivity index (χ3v) is 2.46. The summed E-state index contributed by atoms with van der Waals surface area (Å²) < 4.78 is 5.36. The van der Waals surface area contributed by atoms with Crippen molar-refractivity contribution in [2.45, 2.75) is 26.8 Å². The first-order chi connectivity index (χ1) is 8.54. The van der Waals surface area contributed by atoms with Crippen LogP contribution in [0.2, 0.25) is 0 Å². The van der Waals surface area contributed by atoms with Gasteiger partial charge in [-0.15, -0.1) is 0 Å². The van der Waals surface area contributed by atoms with Crippen molar-refractivity contribution in [2.75, 3.05) is 0 Å². The van der Waals surface area contributed by atoms with Gasteiger partial charge >= 0.3 is 0 Å². The number of carbonyl (C=O) groups is 2. The number of amides is 1. The van der Waals surface area contributed by atoms with Gasteiger partial charge in [0.25, 0.3) is 0 Å². The van der Waals surface area contributed by atoms with E-state index in [4.69, 9.17) is 4.42 Å². The Balaban J connectivity index is 2.03. The van der Waals surface area contributed by atoms with Crippen molar-refractivity contribution in [3.05, 3.63) is 29.7 Å². The summed E-state index contributed by atoms with van der Waals surface area (Å²) >= 11 is 0. The molecular weight excluding hydrogens is 232 g/mol. The lowest BCUT2D eigenvalue weighted by Gasteiger charge is -2.03. The van der Waals surface area contributed by atoms with Crippen LogP contribution in [0.15, 0.2) is 22.6 Å². The molecule has 5 heteroatoms. The van der Waals surface area contributed by atoms with E-state index >= 15 is 0 Å². The maximum atomic E-state index is 11.3. The Morgan fingerprint density at radius 3 is 2.89 bits per heavy atom. The van der Waals surface area contributed by atoms with Crippen molar-refractivity contribution in [1.29, 1.82) is 0 Å². The fourth-order valence-corrected chi connectivity index (χ4v) is 1.69. The van der Waals surface area contributed by atoms with Crippen LogP contribution in [0.1, 0.15) is 24.8 Å². The molecule has 0 radical (unpaired) electrons. The molecule has 0 spiro atoms. The molecule has 1 aromatic heterocycles. The zero-order valence-electron chi connectivity index (χ0n) is 10.3. The first-order valence-corrected chi connectivity index (χ1v) is 5.67. The van der Waals surface area contributed by atoms with Gasteiger partial charge < -0.3 is 9.73 Å². The molecule has 1 aromatic carbocycles. The molecule has 2 rings (SSSR count). The maximum Gasteiger partial charge on any atom is 0.227 e. The quantitative estimate of drug-likeness (QED) is 0.834. The maximum absolute atomic E-state index is 11.3. The van der Waals surface area contributed by atoms with Crippen LogP contribution in [0, 0.1) is 6.92 Å². The SMILES string of the molecule is CC(=O)CC(=O)NCc1ccc2oc(C)nc2c1. The third kappa shape index (κ3) is 2.94. The Kier molecular flexibility index (Phi) is 3.41. The van der Waals surface area contributed by atoms with Gasteiger partial charge in [-0.05, 0) is 24.6 Å². The highest BCUT2D eigenvalue weighted by molar-refractivity contribution is 5.96. The lowest BCUT2D eigenvalue weighted by molar-refractivity contribution is -0.127. The summed E-state index contributed by atoms with van der Waals surface area (Å²) in [5, 5.41) is 2.68. The summed E-state index contributed by atoms with van der Waals surface area (Å²) in [6.07, 6.45) is -0.0781. The minimum atomic E-state index is -0.265. The second kappa shape index (κ2) is 5.00. The number of benzene rings is 1. The van der Waals surface area contributed by atoms with E-state index in [0.717, 1.165) is 16.7 Å². The Bertz CT molecular complexity index is 601. The summed E-state index contributed by atoms with van der Waals surface area (Å²) in [7, 11) is 0. The zero-order chi connectivity index (χ0) is 13.1. The number of hydrogen-bond acceptors (Lipinski definition) is 4. The number of fused-ring (bicyclic) bond motifs is 1. The molecule has 18 heavy (non-hydrogen) atoms. The molecule has 1 amide bonds. The van der Waals surface area contributed by atoms with Gasteiger partial charge in [0.2, 0.25) is 5.91 Å². The molecule has 1 N–H and O–H groups in total. The number of nitrogens with zero attached hydrogens (tertiary/aromatic N) is 1. The smallest absolute Gasteiger partial charge is 0.227 e. The fourth-order valence-electron chi connectivity index (χ4n) is 1.69. The molecule has 5 nitrogen and oxygen atoms in total. The molecular formula is C13H14N2O3. The zero-order valence-corrected chi connectivity index (χ0v) is 10.3. The second-order valence-electron chi connectivity index (χ2n) is 4.19. The lowest BCUT2D eigenvalue weighted by Crippen LogP contribution is -2.24. The van der Waals surface area contributed by atoms with Crippen molar-refractivity contribution in [2.24, 2.45) is 0 Å². The van der Waals surface area contributed by atoms with Crippen LogP contribution in [0.25, 0.3) is 11.1 Å². The van der Waals surface area contributed by atoms with Gasteiger partial charge in [0.1, 0.15) is 11.3 Å². The molecule has 0 saturated carbocycles. The van der Waals surface area contributed by atoms with E-state index in [1.54, 1.807) is 6.92 Å². The predicted molar refractivity (Wildman–Crippen MR) is 65.9 cm³/mol. The summed E-state index contributed by atoms with van der Waals surface area (Å²) in [5.74, 6) is 0.205. The Morgan fingerprint density at radius 2 is 2.17 bits per heavy atom. The third-order valence-electron chi connectivity index (χ3n) is 2.46. The second-order valence-corrected chi connectivity index (χ2v) is 4.19. The lowest BCUT2D eigenvalue weighted by atomic mass is 10.2. The summed E-state index contributed by atoms with van der Waals surface area (Å²) in [4.78, 5) is 26.3. The molecule has 0 saturated heterocycles. The normalized spacial score (nSPS) is 10.6. The highest BCUT2D eigenvalue weighted by Gasteiger charge is 2.06. The van der Waals surface area contributed by atoms with Crippen LogP contribution in [-0.4, -0.2) is 16.7 Å². The van der Waals surface area contributed by atoms with E-state index in [0.29, 0.717) is 12.4 Å². The van der Waals surface area contributed by atoms with Gasteiger partial charge in [0, 0.05) is 13.5 Å². The number of ketones is 1. The largest absolute Gasteiger partial charge is 0.441 e. The Labute approximate surface area is 104 Å². The molecule has 1 heterocycles. The van der Waals surface area contributed by atoms with Crippen LogP contribution in [0.4, 0.5) is 0 Å². The van der Waals surface area contributed by atoms with Crippen LogP contribution in [0.5, 0.6) is 0 Å². The van der Waals surface area contributed by atoms with E-state index in [1.807, 2.05) is 18.2 Å². The first kappa shape index (κ1) is 12.3. The van der Waals surface area contributed by atoms with Gasteiger partial charge in [0.15, 0.2) is 11.5 Å². The predicted octanol–water partition coefficient (Wildman–Crippen LogP) is 1.73. The van der Waals surface area contributed by atoms with Gasteiger partial charge in [0.05, 0.1) is 6.42 Å². The molecule has 94 valence electrons. The van der Waals surface area contributed by atoms with Crippen molar-refractivity contribution in [3.8, 4) is 0 Å². The topological polar surface area (TPSA) is 72.2 Å². The van der Waals surface area contributed by atoms with Gasteiger partial charge in [-0.2, -0.15) is 0 Å². The van der Waals surface area contributed by atoms with Crippen LogP contribution in [0.3, 0.4) is 0 Å². The minimum Gasteiger partial charge on any atom is -0.441 e. The summed E-state index contributed by atoms with van der Waals surface area (Å²) in [5.41, 5.74) is 2.42. The van der Waals surface area contributed by atoms with Crippen molar-refractivity contribution < 1.29 is 14.0 Å². The highest BCUT2D eigenvalue weighted by atomic mass is 16.3. The molecule has 0 bridgehead atoms. The highest BCUT2D eigenvalue weighted by Crippen LogP contribution is 2.16. The number of nitrogens with one attached hydrogen (secondary N) is 1. The van der Waals surface area contributed by atoms with Crippen molar-refractivity contribution in [1.82, 2.24) is 10.3 Å². The van der Waals surface area contributed by atoms with E-state index in [1.165, 1.54) is 6.92 Å². The standard InChI is InChI=1S/C13H14N2O3/c1-8(16)5-13(17)14-7-10-3-4-12-11(6-10)15-9(2)18-12/h3-4,6H,5,7H2,1-2H3,(H,14,17). The number of Topliss-reactive ketones (excluding diaryl/α,β-unsaturated/α-hetero) is 1. The average Bonchev–Trinajstić information content (AvgIpc) is 2.64. The Hall–Kier alpha value is -2.17. The van der Waals surface area contributed by atoms with Crippen LogP contribution >= 0.6 is 0 Å². The van der Waals surface area contributed by atoms with Gasteiger partial charge in [-0.25, -0.2) is 4.98 Å². The molecule has 0 atom stereocenters. The molecule has 0 aliphatic rings. The van der Waals surface area contributed by atoms with Crippen LogP contribution < -0.4 is 5.32 Å². The molecule has 0 unspecified atom stereocenters. The van der Waals surface area contributed by atoms with Crippen molar-refractivity contribution in [3.63, 3.8) is 0 Å². The summed E-state index contributed by atoms with van der Waals surface area (Å²) in [6.45, 7) is 3.56. The van der Waals surface area contributed by atoms with E-state index in [9.17, 15) is 9.59 Å². The van der Waals surface area contributed by atoms with Crippen LogP contribution in [-0.2, 0) is 16.1 Å². The minimum absolute atomic E-state index is 0.0781. The van der Waals surface area contributed by atoms with Gasteiger partial charge in [-0.3, -0.25) is 9.59 Å². The number of carbonyl (C=O) groups excluding carboxylic acids is 2. The number of aryl methyl sites for hydroxylation is 1. The monoisotopic (exact) mass is 246 g/mol. The summed E-state index contributed by atoms with van der Waals surface area (Å²) in [6, 6.07) is 5.54. The number of oxazole rings is 1. The Morgan fingerprint density at radius 1 is 1.39 bits per heavy atom. The van der Waals surface area contributed by atoms with Crippen molar-refractivity contribution >= 4 is 22.8 Å². The molecule has 0 aliphatic heterocycles. The van der Waals surface area contributed by atoms with Gasteiger partial charge in [-0.1, -0.05) is 6.07 Å². The average molecular weight is 246 g/mol. The van der Waals surface area contributed by atoms with E-state index in [2.05, 4.69) is 10.3 Å². The number of rotatable bonds is 4. The van der Waals surface area contributed by atoms with E-state index < -0.39 is 0 Å². The molecule has 0 fully saturated rings. The number of aromatic nitrogens is 1. The number of hydrogen-bond donors (Lipinski definition) is 1.